The van der Waals surface area contributed by atoms with Gasteiger partial charge in [-0.15, -0.1) is 0 Å². The predicted molar refractivity (Wildman–Crippen MR) is 98.4 cm³/mol. The van der Waals surface area contributed by atoms with Crippen molar-refractivity contribution in [3.8, 4) is 11.5 Å². The summed E-state index contributed by atoms with van der Waals surface area (Å²) in [6.07, 6.45) is 2.79. The Labute approximate surface area is 158 Å². The molecular weight excluding hydrogens is 352 g/mol. The van der Waals surface area contributed by atoms with Gasteiger partial charge in [0.25, 0.3) is 5.91 Å². The van der Waals surface area contributed by atoms with Crippen LogP contribution in [0.25, 0.3) is 6.08 Å². The smallest absolute Gasteiger partial charge is 0.331 e. The van der Waals surface area contributed by atoms with Crippen LogP contribution in [0.2, 0.25) is 0 Å². The fourth-order valence-corrected chi connectivity index (χ4v) is 2.66. The highest BCUT2D eigenvalue weighted by molar-refractivity contribution is 5.89. The number of rotatable bonds is 6. The molecule has 1 aromatic carbocycles. The van der Waals surface area contributed by atoms with E-state index in [2.05, 4.69) is 0 Å². The monoisotopic (exact) mass is 376 g/mol. The molecule has 1 aliphatic heterocycles. The summed E-state index contributed by atoms with van der Waals surface area (Å²) in [6.45, 7) is 3.04. The van der Waals surface area contributed by atoms with Crippen molar-refractivity contribution >= 4 is 23.9 Å². The van der Waals surface area contributed by atoms with E-state index >= 15 is 0 Å². The van der Waals surface area contributed by atoms with Crippen LogP contribution < -0.4 is 9.47 Å². The van der Waals surface area contributed by atoms with Gasteiger partial charge in [0.05, 0.1) is 14.2 Å². The third-order valence-electron chi connectivity index (χ3n) is 4.26. The Kier molecular flexibility index (Phi) is 7.22. The summed E-state index contributed by atoms with van der Waals surface area (Å²) in [7, 11) is 3.08. The number of methoxy groups -OCH3 is 2. The van der Waals surface area contributed by atoms with Crippen LogP contribution in [0.5, 0.6) is 11.5 Å². The number of hydrogen-bond acceptors (Lipinski definition) is 6. The van der Waals surface area contributed by atoms with E-state index in [9.17, 15) is 14.4 Å². The molecule has 0 radical (unpaired) electrons. The number of amides is 2. The second kappa shape index (κ2) is 9.61. The lowest BCUT2D eigenvalue weighted by Crippen LogP contribution is -2.51. The largest absolute Gasteiger partial charge is 0.497 e. The minimum Gasteiger partial charge on any atom is -0.497 e. The molecule has 0 aromatic heterocycles. The lowest BCUT2D eigenvalue weighted by Gasteiger charge is -2.34. The van der Waals surface area contributed by atoms with Crippen molar-refractivity contribution in [3.05, 3.63) is 29.8 Å². The van der Waals surface area contributed by atoms with E-state index < -0.39 is 5.97 Å². The summed E-state index contributed by atoms with van der Waals surface area (Å²) in [5.74, 6) is 0.290. The zero-order valence-corrected chi connectivity index (χ0v) is 15.8. The number of carbonyl (C=O) groups is 3. The van der Waals surface area contributed by atoms with E-state index in [-0.39, 0.29) is 18.4 Å². The van der Waals surface area contributed by atoms with Gasteiger partial charge in [-0.2, -0.15) is 0 Å². The fourth-order valence-electron chi connectivity index (χ4n) is 2.66. The Morgan fingerprint density at radius 1 is 1.04 bits per heavy atom. The van der Waals surface area contributed by atoms with E-state index in [1.165, 1.54) is 20.1 Å². The van der Waals surface area contributed by atoms with Crippen molar-refractivity contribution in [2.45, 2.75) is 6.92 Å². The van der Waals surface area contributed by atoms with Crippen molar-refractivity contribution in [1.82, 2.24) is 9.80 Å². The standard InChI is InChI=1S/C19H24N2O6/c1-14(22)20-8-10-21(11-9-20)18(23)13-27-19(24)7-5-15-4-6-16(25-2)12-17(15)26-3/h4-7,12H,8-11,13H2,1-3H3/b7-5+. The van der Waals surface area contributed by atoms with E-state index in [1.807, 2.05) is 0 Å². The first-order chi connectivity index (χ1) is 12.9. The highest BCUT2D eigenvalue weighted by Gasteiger charge is 2.22. The van der Waals surface area contributed by atoms with Gasteiger partial charge in [-0.05, 0) is 18.2 Å². The molecule has 8 heteroatoms. The average Bonchev–Trinajstić information content (AvgIpc) is 2.70. The molecule has 146 valence electrons. The Bertz CT molecular complexity index is 723. The molecule has 8 nitrogen and oxygen atoms in total. The number of piperazine rings is 1. The maximum Gasteiger partial charge on any atom is 0.331 e. The maximum atomic E-state index is 12.1. The highest BCUT2D eigenvalue weighted by Crippen LogP contribution is 2.25. The zero-order valence-electron chi connectivity index (χ0n) is 15.8. The van der Waals surface area contributed by atoms with Crippen LogP contribution in [0, 0.1) is 0 Å². The first kappa shape index (κ1) is 20.3. The molecule has 1 aliphatic rings. The summed E-state index contributed by atoms with van der Waals surface area (Å²) < 4.78 is 15.4. The first-order valence-electron chi connectivity index (χ1n) is 8.54. The lowest BCUT2D eigenvalue weighted by atomic mass is 10.2. The van der Waals surface area contributed by atoms with Crippen molar-refractivity contribution in [3.63, 3.8) is 0 Å². The molecule has 0 atom stereocenters. The number of benzene rings is 1. The van der Waals surface area contributed by atoms with Crippen molar-refractivity contribution in [2.75, 3.05) is 47.0 Å². The topological polar surface area (TPSA) is 85.4 Å². The SMILES string of the molecule is COc1ccc(/C=C/C(=O)OCC(=O)N2CCN(C(C)=O)CC2)c(OC)c1. The Morgan fingerprint density at radius 2 is 1.70 bits per heavy atom. The summed E-state index contributed by atoms with van der Waals surface area (Å²) in [6, 6.07) is 5.20. The van der Waals surface area contributed by atoms with Gasteiger partial charge in [0.2, 0.25) is 5.91 Å². The van der Waals surface area contributed by atoms with Gasteiger partial charge in [0.1, 0.15) is 11.5 Å². The molecule has 2 amide bonds. The second-order valence-corrected chi connectivity index (χ2v) is 5.94. The molecule has 1 saturated heterocycles. The molecule has 0 bridgehead atoms. The number of hydrogen-bond donors (Lipinski definition) is 0. The molecule has 1 heterocycles. The summed E-state index contributed by atoms with van der Waals surface area (Å²) in [5, 5.41) is 0. The Hall–Kier alpha value is -3.03. The number of ether oxygens (including phenoxy) is 3. The summed E-state index contributed by atoms with van der Waals surface area (Å²) in [4.78, 5) is 38.5. The maximum absolute atomic E-state index is 12.1. The molecule has 0 unspecified atom stereocenters. The van der Waals surface area contributed by atoms with Crippen LogP contribution in [0.1, 0.15) is 12.5 Å². The average molecular weight is 376 g/mol. The van der Waals surface area contributed by atoms with Crippen LogP contribution in [0.3, 0.4) is 0 Å². The molecule has 1 aromatic rings. The molecule has 0 N–H and O–H groups in total. The molecule has 0 saturated carbocycles. The van der Waals surface area contributed by atoms with Crippen LogP contribution in [-0.4, -0.2) is 74.6 Å². The van der Waals surface area contributed by atoms with E-state index in [0.717, 1.165) is 0 Å². The molecule has 0 aliphatic carbocycles. The highest BCUT2D eigenvalue weighted by atomic mass is 16.5. The normalized spacial score (nSPS) is 14.2. The Morgan fingerprint density at radius 3 is 2.30 bits per heavy atom. The molecule has 0 spiro atoms. The van der Waals surface area contributed by atoms with Gasteiger partial charge in [-0.25, -0.2) is 4.79 Å². The summed E-state index contributed by atoms with van der Waals surface area (Å²) in [5.41, 5.74) is 0.682. The van der Waals surface area contributed by atoms with Crippen LogP contribution in [0.4, 0.5) is 0 Å². The minimum absolute atomic E-state index is 0.00683. The van der Waals surface area contributed by atoms with Crippen molar-refractivity contribution in [2.24, 2.45) is 0 Å². The molecule has 2 rings (SSSR count). The van der Waals surface area contributed by atoms with E-state index in [4.69, 9.17) is 14.2 Å². The van der Waals surface area contributed by atoms with Crippen molar-refractivity contribution < 1.29 is 28.6 Å². The quantitative estimate of drug-likeness (QED) is 0.543. The molecular formula is C19H24N2O6. The number of carbonyl (C=O) groups excluding carboxylic acids is 3. The third kappa shape index (κ3) is 5.73. The predicted octanol–water partition coefficient (Wildman–Crippen LogP) is 0.951. The van der Waals surface area contributed by atoms with Crippen LogP contribution in [0.15, 0.2) is 24.3 Å². The lowest BCUT2D eigenvalue weighted by molar-refractivity contribution is -0.149. The van der Waals surface area contributed by atoms with Gasteiger partial charge >= 0.3 is 5.97 Å². The van der Waals surface area contributed by atoms with Gasteiger partial charge in [-0.3, -0.25) is 9.59 Å². The third-order valence-corrected chi connectivity index (χ3v) is 4.26. The van der Waals surface area contributed by atoms with Crippen molar-refractivity contribution in [1.29, 1.82) is 0 Å². The van der Waals surface area contributed by atoms with Gasteiger partial charge in [-0.1, -0.05) is 0 Å². The zero-order chi connectivity index (χ0) is 19.8. The molecule has 27 heavy (non-hydrogen) atoms. The second-order valence-electron chi connectivity index (χ2n) is 5.94. The summed E-state index contributed by atoms with van der Waals surface area (Å²) >= 11 is 0. The van der Waals surface area contributed by atoms with E-state index in [0.29, 0.717) is 43.2 Å². The fraction of sp³-hybridized carbons (Fsp3) is 0.421. The first-order valence-corrected chi connectivity index (χ1v) is 8.54. The van der Waals surface area contributed by atoms with E-state index in [1.54, 1.807) is 41.2 Å². The molecule has 1 fully saturated rings. The van der Waals surface area contributed by atoms with Gasteiger partial charge in [0.15, 0.2) is 6.61 Å². The minimum atomic E-state index is -0.622. The van der Waals surface area contributed by atoms with Gasteiger partial charge in [0, 0.05) is 50.8 Å². The van der Waals surface area contributed by atoms with Gasteiger partial charge < -0.3 is 24.0 Å². The van der Waals surface area contributed by atoms with Crippen LogP contribution >= 0.6 is 0 Å². The number of nitrogens with zero attached hydrogens (tertiary/aromatic N) is 2. The number of esters is 1. The van der Waals surface area contributed by atoms with Crippen LogP contribution in [-0.2, 0) is 19.1 Å². The Balaban J connectivity index is 1.83.